The summed E-state index contributed by atoms with van der Waals surface area (Å²) in [7, 11) is 0. The molecule has 6 N–H and O–H groups in total. The van der Waals surface area contributed by atoms with Gasteiger partial charge in [0.05, 0.1) is 19.3 Å². The summed E-state index contributed by atoms with van der Waals surface area (Å²) in [5.74, 6) is -2.58. The molecule has 2 amide bonds. The van der Waals surface area contributed by atoms with Crippen molar-refractivity contribution in [2.45, 2.75) is 50.5 Å². The van der Waals surface area contributed by atoms with Crippen molar-refractivity contribution in [1.29, 1.82) is 0 Å². The van der Waals surface area contributed by atoms with Gasteiger partial charge in [-0.2, -0.15) is 0 Å². The quantitative estimate of drug-likeness (QED) is 0.272. The molecular formula is C13H22N2O9. The average Bonchev–Trinajstić information content (AvgIpc) is 2.48. The van der Waals surface area contributed by atoms with E-state index in [4.69, 9.17) is 19.7 Å². The fraction of sp³-hybridized carbons (Fsp3) is 0.769. The van der Waals surface area contributed by atoms with Gasteiger partial charge in [-0.1, -0.05) is 0 Å². The maximum Gasteiger partial charge on any atom is 0.335 e. The summed E-state index contributed by atoms with van der Waals surface area (Å²) in [6.07, 6.45) is -5.99. The number of carbonyl (C=O) groups is 3. The van der Waals surface area contributed by atoms with Crippen LogP contribution in [0.25, 0.3) is 0 Å². The topological polar surface area (TPSA) is 175 Å². The summed E-state index contributed by atoms with van der Waals surface area (Å²) in [4.78, 5) is 34.0. The van der Waals surface area contributed by atoms with Crippen LogP contribution in [0.1, 0.15) is 13.8 Å². The third kappa shape index (κ3) is 5.39. The number of amides is 2. The van der Waals surface area contributed by atoms with E-state index < -0.39 is 67.7 Å². The van der Waals surface area contributed by atoms with Gasteiger partial charge >= 0.3 is 5.97 Å². The van der Waals surface area contributed by atoms with Crippen LogP contribution in [-0.4, -0.2) is 88.1 Å². The molecule has 0 spiro atoms. The molecule has 138 valence electrons. The third-order valence-electron chi connectivity index (χ3n) is 3.29. The molecule has 24 heavy (non-hydrogen) atoms. The number of carbonyl (C=O) groups excluding carboxylic acids is 2. The Morgan fingerprint density at radius 2 is 1.71 bits per heavy atom. The summed E-state index contributed by atoms with van der Waals surface area (Å²) >= 11 is 0. The maximum absolute atomic E-state index is 11.4. The SMILES string of the molecule is CC(=O)N[C@@H]1[C@H](OCC(O)CO)O[C@H](C(=O)O)[C@@H](O)[C@@H]1NC(C)=O. The fourth-order valence-electron chi connectivity index (χ4n) is 2.29. The lowest BCUT2D eigenvalue weighted by molar-refractivity contribution is -0.251. The van der Waals surface area contributed by atoms with Gasteiger partial charge in [0.1, 0.15) is 18.2 Å². The van der Waals surface area contributed by atoms with E-state index in [9.17, 15) is 24.6 Å². The van der Waals surface area contributed by atoms with Crippen molar-refractivity contribution in [3.05, 3.63) is 0 Å². The number of carboxylic acids is 1. The Balaban J connectivity index is 3.06. The first kappa shape index (κ1) is 20.3. The summed E-state index contributed by atoms with van der Waals surface area (Å²) in [5.41, 5.74) is 0. The molecule has 0 bridgehead atoms. The molecular weight excluding hydrogens is 328 g/mol. The predicted octanol–water partition coefficient (Wildman–Crippen LogP) is -3.46. The van der Waals surface area contributed by atoms with Crippen molar-refractivity contribution < 1.29 is 44.3 Å². The largest absolute Gasteiger partial charge is 0.479 e. The number of hydrogen-bond acceptors (Lipinski definition) is 8. The van der Waals surface area contributed by atoms with E-state index in [1.165, 1.54) is 6.92 Å². The van der Waals surface area contributed by atoms with Crippen LogP contribution in [0.3, 0.4) is 0 Å². The lowest BCUT2D eigenvalue weighted by atomic mass is 9.93. The zero-order valence-corrected chi connectivity index (χ0v) is 13.2. The zero-order chi connectivity index (χ0) is 18.4. The average molecular weight is 350 g/mol. The number of hydrogen-bond donors (Lipinski definition) is 6. The predicted molar refractivity (Wildman–Crippen MR) is 76.6 cm³/mol. The number of ether oxygens (including phenoxy) is 2. The van der Waals surface area contributed by atoms with E-state index >= 15 is 0 Å². The van der Waals surface area contributed by atoms with E-state index in [0.717, 1.165) is 6.92 Å². The molecule has 6 atom stereocenters. The molecule has 11 heteroatoms. The van der Waals surface area contributed by atoms with Crippen LogP contribution in [0.15, 0.2) is 0 Å². The highest BCUT2D eigenvalue weighted by atomic mass is 16.7. The Kier molecular flexibility index (Phi) is 7.51. The molecule has 1 aliphatic rings. The molecule has 11 nitrogen and oxygen atoms in total. The molecule has 1 aliphatic heterocycles. The van der Waals surface area contributed by atoms with Crippen LogP contribution in [0.2, 0.25) is 0 Å². The van der Waals surface area contributed by atoms with Gasteiger partial charge in [-0.3, -0.25) is 9.59 Å². The standard InChI is InChI=1S/C13H22N2O9/c1-5(17)14-8-9(15-6(2)18)13(23-4-7(19)3-16)24-11(10(8)20)12(21)22/h7-11,13,16,19-20H,3-4H2,1-2H3,(H,14,17)(H,15,18)(H,21,22)/t7?,8-,9+,10+,11+,13-/m1/s1. The molecule has 0 aromatic rings. The first-order valence-electron chi connectivity index (χ1n) is 7.18. The summed E-state index contributed by atoms with van der Waals surface area (Å²) in [6, 6.07) is -2.31. The van der Waals surface area contributed by atoms with Gasteiger partial charge in [-0.25, -0.2) is 4.79 Å². The van der Waals surface area contributed by atoms with Gasteiger partial charge in [0, 0.05) is 13.8 Å². The van der Waals surface area contributed by atoms with Crippen LogP contribution in [0.4, 0.5) is 0 Å². The first-order chi connectivity index (χ1) is 11.2. The first-order valence-corrected chi connectivity index (χ1v) is 7.18. The lowest BCUT2D eigenvalue weighted by Crippen LogP contribution is -2.70. The fourth-order valence-corrected chi connectivity index (χ4v) is 2.29. The van der Waals surface area contributed by atoms with Gasteiger partial charge in [-0.05, 0) is 0 Å². The van der Waals surface area contributed by atoms with Gasteiger partial charge in [0.2, 0.25) is 11.8 Å². The van der Waals surface area contributed by atoms with Crippen LogP contribution < -0.4 is 10.6 Å². The second kappa shape index (κ2) is 8.89. The molecule has 1 heterocycles. The van der Waals surface area contributed by atoms with Crippen molar-refractivity contribution in [2.75, 3.05) is 13.2 Å². The number of aliphatic hydroxyl groups excluding tert-OH is 3. The van der Waals surface area contributed by atoms with Gasteiger partial charge < -0.3 is 40.5 Å². The minimum absolute atomic E-state index is 0.410. The molecule has 0 aliphatic carbocycles. The molecule has 0 saturated carbocycles. The normalized spacial score (nSPS) is 31.1. The summed E-state index contributed by atoms with van der Waals surface area (Å²) < 4.78 is 10.4. The minimum Gasteiger partial charge on any atom is -0.479 e. The number of aliphatic hydroxyl groups is 3. The minimum atomic E-state index is -1.72. The van der Waals surface area contributed by atoms with Crippen molar-refractivity contribution in [3.8, 4) is 0 Å². The molecule has 0 radical (unpaired) electrons. The molecule has 1 saturated heterocycles. The Morgan fingerprint density at radius 3 is 2.17 bits per heavy atom. The van der Waals surface area contributed by atoms with Crippen molar-refractivity contribution in [2.24, 2.45) is 0 Å². The molecule has 1 fully saturated rings. The van der Waals surface area contributed by atoms with E-state index in [0.29, 0.717) is 0 Å². The summed E-state index contributed by atoms with van der Waals surface area (Å²) in [5, 5.41) is 42.2. The number of rotatable bonds is 7. The molecule has 1 rings (SSSR count). The van der Waals surface area contributed by atoms with Crippen LogP contribution in [-0.2, 0) is 23.9 Å². The van der Waals surface area contributed by atoms with Gasteiger partial charge in [0.25, 0.3) is 0 Å². The molecule has 1 unspecified atom stereocenters. The Bertz CT molecular complexity index is 472. The Morgan fingerprint density at radius 1 is 1.17 bits per heavy atom. The second-order valence-corrected chi connectivity index (χ2v) is 5.38. The highest BCUT2D eigenvalue weighted by Gasteiger charge is 2.49. The highest BCUT2D eigenvalue weighted by Crippen LogP contribution is 2.23. The number of nitrogens with one attached hydrogen (secondary N) is 2. The monoisotopic (exact) mass is 350 g/mol. The Labute approximate surface area is 137 Å². The smallest absolute Gasteiger partial charge is 0.335 e. The third-order valence-corrected chi connectivity index (χ3v) is 3.29. The number of aliphatic carboxylic acids is 1. The lowest BCUT2D eigenvalue weighted by Gasteiger charge is -2.43. The molecule has 0 aromatic heterocycles. The second-order valence-electron chi connectivity index (χ2n) is 5.38. The Hall–Kier alpha value is -1.79. The van der Waals surface area contributed by atoms with E-state index in [1.807, 2.05) is 0 Å². The van der Waals surface area contributed by atoms with E-state index in [2.05, 4.69) is 10.6 Å². The van der Waals surface area contributed by atoms with Crippen molar-refractivity contribution in [1.82, 2.24) is 10.6 Å². The van der Waals surface area contributed by atoms with E-state index in [-0.39, 0.29) is 0 Å². The molecule has 0 aromatic carbocycles. The zero-order valence-electron chi connectivity index (χ0n) is 13.2. The van der Waals surface area contributed by atoms with Crippen LogP contribution in [0.5, 0.6) is 0 Å². The highest BCUT2D eigenvalue weighted by molar-refractivity contribution is 5.77. The maximum atomic E-state index is 11.4. The van der Waals surface area contributed by atoms with Crippen molar-refractivity contribution >= 4 is 17.8 Å². The number of carboxylic acid groups (broad SMARTS) is 1. The van der Waals surface area contributed by atoms with Gasteiger partial charge in [-0.15, -0.1) is 0 Å². The van der Waals surface area contributed by atoms with Crippen LogP contribution >= 0.6 is 0 Å². The summed E-state index contributed by atoms with van der Waals surface area (Å²) in [6.45, 7) is 1.33. The van der Waals surface area contributed by atoms with Crippen LogP contribution in [0, 0.1) is 0 Å². The van der Waals surface area contributed by atoms with E-state index in [1.54, 1.807) is 0 Å². The van der Waals surface area contributed by atoms with Gasteiger partial charge in [0.15, 0.2) is 12.4 Å². The van der Waals surface area contributed by atoms with Crippen molar-refractivity contribution in [3.63, 3.8) is 0 Å².